The van der Waals surface area contributed by atoms with E-state index in [1.165, 1.54) is 4.90 Å². The first kappa shape index (κ1) is 29.1. The Hall–Kier alpha value is -3.40. The number of nitrogens with zero attached hydrogens (tertiary/aromatic N) is 2. The number of amides is 3. The third kappa shape index (κ3) is 6.74. The molecule has 0 bridgehead atoms. The van der Waals surface area contributed by atoms with E-state index in [4.69, 9.17) is 9.47 Å². The summed E-state index contributed by atoms with van der Waals surface area (Å²) in [6.45, 7) is 6.52. The van der Waals surface area contributed by atoms with Crippen molar-refractivity contribution in [3.05, 3.63) is 65.7 Å². The zero-order valence-electron chi connectivity index (χ0n) is 23.8. The molecule has 0 aromatic heterocycles. The maximum absolute atomic E-state index is 14.1. The topological polar surface area (TPSA) is 110 Å². The minimum absolute atomic E-state index is 0.00228. The van der Waals surface area contributed by atoms with E-state index >= 15 is 0 Å². The average molecular weight is 583 g/mol. The van der Waals surface area contributed by atoms with Gasteiger partial charge in [-0.25, -0.2) is 22.9 Å². The van der Waals surface area contributed by atoms with E-state index in [0.29, 0.717) is 50.8 Å². The maximum atomic E-state index is 14.1. The van der Waals surface area contributed by atoms with Gasteiger partial charge in [-0.05, 0) is 82.1 Å². The highest BCUT2D eigenvalue weighted by atomic mass is 32.2. The van der Waals surface area contributed by atoms with Gasteiger partial charge in [-0.1, -0.05) is 42.5 Å². The monoisotopic (exact) mass is 582 g/mol. The normalized spacial score (nSPS) is 22.0. The number of cyclic esters (lactones) is 1. The summed E-state index contributed by atoms with van der Waals surface area (Å²) in [6.07, 6.45) is 1.84. The third-order valence-electron chi connectivity index (χ3n) is 7.89. The SMILES string of the molecule is CC(C)(C)OC(=O)N1CC[C@H](C[C@@H](C(=O)N2C(=O)OC[C@H]2Cc2ccccc2)c2ccc(S(=O)(=O)C3CC3)cc2)C1. The van der Waals surface area contributed by atoms with Crippen LogP contribution in [0.15, 0.2) is 59.5 Å². The lowest BCUT2D eigenvalue weighted by atomic mass is 9.86. The summed E-state index contributed by atoms with van der Waals surface area (Å²) in [5.41, 5.74) is 1.02. The quantitative estimate of drug-likeness (QED) is 0.433. The molecule has 220 valence electrons. The molecule has 3 aliphatic rings. The van der Waals surface area contributed by atoms with Crippen LogP contribution >= 0.6 is 0 Å². The van der Waals surface area contributed by atoms with Crippen molar-refractivity contribution in [3.63, 3.8) is 0 Å². The number of carbonyl (C=O) groups is 3. The Morgan fingerprint density at radius 3 is 2.34 bits per heavy atom. The fourth-order valence-corrected chi connectivity index (χ4v) is 7.28. The molecule has 0 spiro atoms. The molecule has 2 saturated heterocycles. The molecule has 0 radical (unpaired) electrons. The highest BCUT2D eigenvalue weighted by Gasteiger charge is 2.43. The van der Waals surface area contributed by atoms with Gasteiger partial charge in [0.2, 0.25) is 5.91 Å². The Labute approximate surface area is 241 Å². The van der Waals surface area contributed by atoms with Crippen LogP contribution < -0.4 is 0 Å². The molecule has 2 aromatic rings. The first-order valence-corrected chi connectivity index (χ1v) is 15.8. The van der Waals surface area contributed by atoms with E-state index in [0.717, 1.165) is 5.56 Å². The van der Waals surface area contributed by atoms with Crippen LogP contribution in [0.1, 0.15) is 63.5 Å². The largest absolute Gasteiger partial charge is 0.447 e. The lowest BCUT2D eigenvalue weighted by Gasteiger charge is -2.27. The molecule has 0 N–H and O–H groups in total. The number of rotatable bonds is 8. The fourth-order valence-electron chi connectivity index (χ4n) is 5.63. The number of benzene rings is 2. The molecule has 2 aromatic carbocycles. The van der Waals surface area contributed by atoms with Gasteiger partial charge in [0, 0.05) is 13.1 Å². The Morgan fingerprint density at radius 2 is 1.71 bits per heavy atom. The molecular weight excluding hydrogens is 544 g/mol. The predicted octanol–water partition coefficient (Wildman–Crippen LogP) is 4.94. The second-order valence-corrected chi connectivity index (χ2v) is 14.5. The third-order valence-corrected chi connectivity index (χ3v) is 10.2. The minimum Gasteiger partial charge on any atom is -0.447 e. The molecule has 1 saturated carbocycles. The van der Waals surface area contributed by atoms with Crippen molar-refractivity contribution in [3.8, 4) is 0 Å². The molecule has 41 heavy (non-hydrogen) atoms. The van der Waals surface area contributed by atoms with Crippen LogP contribution in [0.5, 0.6) is 0 Å². The van der Waals surface area contributed by atoms with Gasteiger partial charge >= 0.3 is 12.2 Å². The summed E-state index contributed by atoms with van der Waals surface area (Å²) < 4.78 is 36.4. The van der Waals surface area contributed by atoms with Crippen LogP contribution in [0.3, 0.4) is 0 Å². The number of sulfone groups is 1. The highest BCUT2D eigenvalue weighted by molar-refractivity contribution is 7.92. The molecule has 3 atom stereocenters. The van der Waals surface area contributed by atoms with Gasteiger partial charge in [0.05, 0.1) is 22.1 Å². The minimum atomic E-state index is -3.38. The smallest absolute Gasteiger partial charge is 0.417 e. The van der Waals surface area contributed by atoms with Crippen LogP contribution in [0.2, 0.25) is 0 Å². The summed E-state index contributed by atoms with van der Waals surface area (Å²) in [5.74, 6) is -1.08. The highest BCUT2D eigenvalue weighted by Crippen LogP contribution is 2.36. The van der Waals surface area contributed by atoms with Gasteiger partial charge in [-0.2, -0.15) is 0 Å². The Bertz CT molecular complexity index is 1380. The van der Waals surface area contributed by atoms with Crippen LogP contribution in [0.25, 0.3) is 0 Å². The molecule has 0 unspecified atom stereocenters. The van der Waals surface area contributed by atoms with Crippen LogP contribution in [-0.2, 0) is 30.5 Å². The summed E-state index contributed by atoms with van der Waals surface area (Å²) in [5, 5.41) is -0.332. The summed E-state index contributed by atoms with van der Waals surface area (Å²) in [7, 11) is -3.38. The average Bonchev–Trinajstić information content (AvgIpc) is 3.59. The lowest BCUT2D eigenvalue weighted by Crippen LogP contribution is -2.43. The molecule has 3 fully saturated rings. The van der Waals surface area contributed by atoms with Crippen molar-refractivity contribution in [2.45, 2.75) is 80.6 Å². The van der Waals surface area contributed by atoms with Crippen LogP contribution in [-0.4, -0.2) is 72.9 Å². The van der Waals surface area contributed by atoms with Gasteiger partial charge in [0.1, 0.15) is 12.2 Å². The van der Waals surface area contributed by atoms with E-state index in [2.05, 4.69) is 0 Å². The summed E-state index contributed by atoms with van der Waals surface area (Å²) >= 11 is 0. The zero-order valence-corrected chi connectivity index (χ0v) is 24.6. The number of hydrogen-bond acceptors (Lipinski definition) is 7. The standard InChI is InChI=1S/C31H38N2O7S/c1-31(2,3)40-29(35)32-16-15-22(19-32)18-27(23-9-11-25(12-10-23)41(37,38)26-13-14-26)28(34)33-24(20-39-30(33)36)17-21-7-5-4-6-8-21/h4-12,22,24,26-27H,13-20H2,1-3H3/t22-,24-,27-/m1/s1. The van der Waals surface area contributed by atoms with Crippen molar-refractivity contribution in [2.24, 2.45) is 5.92 Å². The van der Waals surface area contributed by atoms with E-state index in [9.17, 15) is 22.8 Å². The van der Waals surface area contributed by atoms with E-state index in [1.54, 1.807) is 29.2 Å². The van der Waals surface area contributed by atoms with Crippen LogP contribution in [0.4, 0.5) is 9.59 Å². The zero-order chi connectivity index (χ0) is 29.4. The van der Waals surface area contributed by atoms with Crippen molar-refractivity contribution in [1.29, 1.82) is 0 Å². The van der Waals surface area contributed by atoms with Crippen molar-refractivity contribution in [2.75, 3.05) is 19.7 Å². The van der Waals surface area contributed by atoms with Gasteiger partial charge in [-0.15, -0.1) is 0 Å². The van der Waals surface area contributed by atoms with Crippen molar-refractivity contribution in [1.82, 2.24) is 9.80 Å². The van der Waals surface area contributed by atoms with Crippen LogP contribution in [0, 0.1) is 5.92 Å². The number of hydrogen-bond donors (Lipinski definition) is 0. The fraction of sp³-hybridized carbons (Fsp3) is 0.516. The predicted molar refractivity (Wildman–Crippen MR) is 152 cm³/mol. The van der Waals surface area contributed by atoms with E-state index in [-0.39, 0.29) is 34.7 Å². The first-order valence-electron chi connectivity index (χ1n) is 14.3. The molecule has 2 aliphatic heterocycles. The molecule has 5 rings (SSSR count). The molecule has 2 heterocycles. The number of likely N-dealkylation sites (tertiary alicyclic amines) is 1. The number of carbonyl (C=O) groups excluding carboxylic acids is 3. The molecule has 1 aliphatic carbocycles. The molecular formula is C31H38N2O7S. The molecule has 9 nitrogen and oxygen atoms in total. The lowest BCUT2D eigenvalue weighted by molar-refractivity contribution is -0.131. The van der Waals surface area contributed by atoms with Gasteiger partial charge in [-0.3, -0.25) is 4.79 Å². The van der Waals surface area contributed by atoms with Gasteiger partial charge in [0.25, 0.3) is 0 Å². The Morgan fingerprint density at radius 1 is 1.02 bits per heavy atom. The molecule has 3 amide bonds. The first-order chi connectivity index (χ1) is 19.4. The second-order valence-electron chi connectivity index (χ2n) is 12.3. The van der Waals surface area contributed by atoms with Gasteiger partial charge < -0.3 is 14.4 Å². The number of imide groups is 1. The van der Waals surface area contributed by atoms with Crippen molar-refractivity contribution >= 4 is 27.9 Å². The van der Waals surface area contributed by atoms with E-state index in [1.807, 2.05) is 51.1 Å². The Kier molecular flexibility index (Phi) is 8.14. The maximum Gasteiger partial charge on any atom is 0.417 e. The van der Waals surface area contributed by atoms with Gasteiger partial charge in [0.15, 0.2) is 9.84 Å². The second kappa shape index (κ2) is 11.5. The van der Waals surface area contributed by atoms with Crippen molar-refractivity contribution < 1.29 is 32.3 Å². The Balaban J connectivity index is 1.39. The summed E-state index contributed by atoms with van der Waals surface area (Å²) in [6, 6.07) is 15.7. The molecule has 10 heteroatoms. The number of ether oxygens (including phenoxy) is 2. The summed E-state index contributed by atoms with van der Waals surface area (Å²) in [4.78, 5) is 42.8. The van der Waals surface area contributed by atoms with E-state index < -0.39 is 33.5 Å².